The lowest BCUT2D eigenvalue weighted by atomic mass is 9.83. The fourth-order valence-corrected chi connectivity index (χ4v) is 3.17. The standard InChI is InChI=1S/C18H24O3S/c1-17(2,3)13-8-7-12-9-14(18(4,5)6)11-16(15(12)10-13)22(19,20)21/h7-11H,1-6H3,(H,19,20,21). The smallest absolute Gasteiger partial charge is 0.282 e. The number of benzene rings is 2. The maximum Gasteiger partial charge on any atom is 0.295 e. The third kappa shape index (κ3) is 3.33. The molecular formula is C18H24O3S. The summed E-state index contributed by atoms with van der Waals surface area (Å²) in [5.41, 5.74) is 1.63. The first kappa shape index (κ1) is 17.0. The van der Waals surface area contributed by atoms with E-state index in [-0.39, 0.29) is 15.7 Å². The number of fused-ring (bicyclic) bond motifs is 1. The van der Waals surface area contributed by atoms with Crippen molar-refractivity contribution < 1.29 is 13.0 Å². The van der Waals surface area contributed by atoms with Gasteiger partial charge in [0.05, 0.1) is 0 Å². The minimum atomic E-state index is -4.27. The minimum Gasteiger partial charge on any atom is -0.282 e. The lowest BCUT2D eigenvalue weighted by Crippen LogP contribution is -2.14. The number of hydrogen-bond acceptors (Lipinski definition) is 2. The quantitative estimate of drug-likeness (QED) is 0.776. The second kappa shape index (κ2) is 5.07. The highest BCUT2D eigenvalue weighted by Crippen LogP contribution is 2.34. The van der Waals surface area contributed by atoms with E-state index >= 15 is 0 Å². The van der Waals surface area contributed by atoms with E-state index in [0.717, 1.165) is 16.5 Å². The van der Waals surface area contributed by atoms with Crippen LogP contribution in [0.5, 0.6) is 0 Å². The van der Waals surface area contributed by atoms with Crippen LogP contribution in [0.15, 0.2) is 35.2 Å². The van der Waals surface area contributed by atoms with Gasteiger partial charge in [-0.1, -0.05) is 59.7 Å². The first-order valence-electron chi connectivity index (χ1n) is 7.36. The van der Waals surface area contributed by atoms with Crippen LogP contribution in [-0.2, 0) is 20.9 Å². The molecular weight excluding hydrogens is 296 g/mol. The van der Waals surface area contributed by atoms with Gasteiger partial charge in [0.1, 0.15) is 4.90 Å². The molecule has 0 amide bonds. The molecule has 22 heavy (non-hydrogen) atoms. The molecule has 0 aliphatic carbocycles. The van der Waals surface area contributed by atoms with Crippen LogP contribution in [0.3, 0.4) is 0 Å². The van der Waals surface area contributed by atoms with E-state index in [2.05, 4.69) is 20.8 Å². The van der Waals surface area contributed by atoms with Crippen molar-refractivity contribution in [1.29, 1.82) is 0 Å². The van der Waals surface area contributed by atoms with E-state index < -0.39 is 10.1 Å². The zero-order chi connectivity index (χ0) is 16.9. The van der Waals surface area contributed by atoms with E-state index in [1.807, 2.05) is 45.0 Å². The van der Waals surface area contributed by atoms with Gasteiger partial charge in [-0.05, 0) is 39.5 Å². The van der Waals surface area contributed by atoms with Crippen LogP contribution in [0.4, 0.5) is 0 Å². The monoisotopic (exact) mass is 320 g/mol. The average Bonchev–Trinajstić information content (AvgIpc) is 2.33. The molecule has 0 saturated carbocycles. The molecule has 0 heterocycles. The van der Waals surface area contributed by atoms with Gasteiger partial charge >= 0.3 is 0 Å². The van der Waals surface area contributed by atoms with Crippen molar-refractivity contribution in [1.82, 2.24) is 0 Å². The maximum atomic E-state index is 11.8. The molecule has 1 N–H and O–H groups in total. The van der Waals surface area contributed by atoms with Gasteiger partial charge < -0.3 is 0 Å². The summed E-state index contributed by atoms with van der Waals surface area (Å²) in [7, 11) is -4.27. The molecule has 0 spiro atoms. The van der Waals surface area contributed by atoms with Gasteiger partial charge in [0, 0.05) is 5.39 Å². The van der Waals surface area contributed by atoms with E-state index in [1.165, 1.54) is 0 Å². The third-order valence-electron chi connectivity index (χ3n) is 3.93. The van der Waals surface area contributed by atoms with Crippen molar-refractivity contribution >= 4 is 20.9 Å². The average molecular weight is 320 g/mol. The van der Waals surface area contributed by atoms with Crippen LogP contribution < -0.4 is 0 Å². The van der Waals surface area contributed by atoms with E-state index in [4.69, 9.17) is 0 Å². The van der Waals surface area contributed by atoms with Crippen LogP contribution in [0, 0.1) is 0 Å². The van der Waals surface area contributed by atoms with Crippen LogP contribution in [0.1, 0.15) is 52.7 Å². The molecule has 0 aliphatic rings. The minimum absolute atomic E-state index is 0.0129. The Hall–Kier alpha value is -1.39. The highest BCUT2D eigenvalue weighted by Gasteiger charge is 2.22. The summed E-state index contributed by atoms with van der Waals surface area (Å²) < 4.78 is 33.3. The Morgan fingerprint density at radius 3 is 1.82 bits per heavy atom. The molecule has 2 rings (SSSR count). The van der Waals surface area contributed by atoms with Gasteiger partial charge in [0.2, 0.25) is 0 Å². The zero-order valence-electron chi connectivity index (χ0n) is 14.1. The van der Waals surface area contributed by atoms with Gasteiger partial charge in [-0.2, -0.15) is 8.42 Å². The normalized spacial score (nSPS) is 13.6. The Balaban J connectivity index is 2.90. The number of hydrogen-bond donors (Lipinski definition) is 1. The molecule has 0 unspecified atom stereocenters. The molecule has 4 heteroatoms. The third-order valence-corrected chi connectivity index (χ3v) is 4.82. The Kier molecular flexibility index (Phi) is 3.91. The van der Waals surface area contributed by atoms with Gasteiger partial charge in [-0.15, -0.1) is 0 Å². The van der Waals surface area contributed by atoms with Crippen LogP contribution in [0.25, 0.3) is 10.8 Å². The Labute approximate surface area is 133 Å². The molecule has 0 aromatic heterocycles. The Morgan fingerprint density at radius 1 is 0.818 bits per heavy atom. The predicted molar refractivity (Wildman–Crippen MR) is 91.2 cm³/mol. The first-order chi connectivity index (χ1) is 9.80. The summed E-state index contributed by atoms with van der Waals surface area (Å²) >= 11 is 0. The van der Waals surface area contributed by atoms with Crippen molar-refractivity contribution in [3.8, 4) is 0 Å². The summed E-state index contributed by atoms with van der Waals surface area (Å²) in [6.07, 6.45) is 0. The molecule has 0 radical (unpaired) electrons. The van der Waals surface area contributed by atoms with Gasteiger partial charge in [0.25, 0.3) is 10.1 Å². The molecule has 0 bridgehead atoms. The summed E-state index contributed by atoms with van der Waals surface area (Å²) in [4.78, 5) is -0.0129. The topological polar surface area (TPSA) is 54.4 Å². The molecule has 2 aromatic rings. The fraction of sp³-hybridized carbons (Fsp3) is 0.444. The highest BCUT2D eigenvalue weighted by molar-refractivity contribution is 7.86. The number of rotatable bonds is 1. The summed E-state index contributed by atoms with van der Waals surface area (Å²) in [6, 6.07) is 9.40. The Morgan fingerprint density at radius 2 is 1.36 bits per heavy atom. The second-order valence-electron chi connectivity index (χ2n) is 7.89. The van der Waals surface area contributed by atoms with Gasteiger partial charge in [0.15, 0.2) is 0 Å². The largest absolute Gasteiger partial charge is 0.295 e. The molecule has 0 fully saturated rings. The lowest BCUT2D eigenvalue weighted by Gasteiger charge is -2.23. The van der Waals surface area contributed by atoms with E-state index in [9.17, 15) is 13.0 Å². The molecule has 0 atom stereocenters. The highest BCUT2D eigenvalue weighted by atomic mass is 32.2. The maximum absolute atomic E-state index is 11.8. The molecule has 3 nitrogen and oxygen atoms in total. The molecule has 2 aromatic carbocycles. The van der Waals surface area contributed by atoms with Crippen molar-refractivity contribution in [2.24, 2.45) is 0 Å². The van der Waals surface area contributed by atoms with Crippen LogP contribution in [-0.4, -0.2) is 13.0 Å². The van der Waals surface area contributed by atoms with Crippen LogP contribution in [0.2, 0.25) is 0 Å². The van der Waals surface area contributed by atoms with Crippen molar-refractivity contribution in [3.63, 3.8) is 0 Å². The van der Waals surface area contributed by atoms with Crippen molar-refractivity contribution in [2.75, 3.05) is 0 Å². The van der Waals surface area contributed by atoms with Gasteiger partial charge in [-0.25, -0.2) is 0 Å². The fourth-order valence-electron chi connectivity index (χ4n) is 2.44. The summed E-state index contributed by atoms with van der Waals surface area (Å²) in [5.74, 6) is 0. The molecule has 120 valence electrons. The van der Waals surface area contributed by atoms with E-state index in [0.29, 0.717) is 5.39 Å². The van der Waals surface area contributed by atoms with Crippen molar-refractivity contribution in [2.45, 2.75) is 57.3 Å². The van der Waals surface area contributed by atoms with Gasteiger partial charge in [-0.3, -0.25) is 4.55 Å². The van der Waals surface area contributed by atoms with Crippen LogP contribution >= 0.6 is 0 Å². The molecule has 0 saturated heterocycles. The summed E-state index contributed by atoms with van der Waals surface area (Å²) in [5, 5.41) is 1.40. The zero-order valence-corrected chi connectivity index (χ0v) is 14.9. The SMILES string of the molecule is CC(C)(C)c1cc(S(=O)(=O)O)c2cc(C(C)(C)C)ccc2c1. The first-order valence-corrected chi connectivity index (χ1v) is 8.80. The van der Waals surface area contributed by atoms with E-state index in [1.54, 1.807) is 6.07 Å². The Bertz CT molecular complexity index is 820. The van der Waals surface area contributed by atoms with Crippen molar-refractivity contribution in [3.05, 3.63) is 41.5 Å². The predicted octanol–water partition coefficient (Wildman–Crippen LogP) is 4.68. The summed E-state index contributed by atoms with van der Waals surface area (Å²) in [6.45, 7) is 12.3. The molecule has 0 aliphatic heterocycles. The lowest BCUT2D eigenvalue weighted by molar-refractivity contribution is 0.483. The second-order valence-corrected chi connectivity index (χ2v) is 9.28.